The summed E-state index contributed by atoms with van der Waals surface area (Å²) in [6, 6.07) is 15.7. The van der Waals surface area contributed by atoms with Gasteiger partial charge in [-0.1, -0.05) is 36.4 Å². The number of benzene rings is 2. The number of hydrogen-bond acceptors (Lipinski definition) is 1. The Morgan fingerprint density at radius 1 is 0.950 bits per heavy atom. The Morgan fingerprint density at radius 3 is 2.45 bits per heavy atom. The van der Waals surface area contributed by atoms with Crippen LogP contribution in [0.5, 0.6) is 5.75 Å². The van der Waals surface area contributed by atoms with E-state index >= 15 is 0 Å². The summed E-state index contributed by atoms with van der Waals surface area (Å²) in [4.78, 5) is 0. The molecule has 20 heavy (non-hydrogen) atoms. The molecule has 0 bridgehead atoms. The van der Waals surface area contributed by atoms with Crippen LogP contribution in [0.1, 0.15) is 29.5 Å². The van der Waals surface area contributed by atoms with Crippen LogP contribution < -0.4 is 4.74 Å². The third-order valence-electron chi connectivity index (χ3n) is 3.78. The molecule has 0 aromatic heterocycles. The lowest BCUT2D eigenvalue weighted by molar-refractivity contribution is 0.415. The molecule has 0 atom stereocenters. The predicted octanol–water partition coefficient (Wildman–Crippen LogP) is 4.76. The fourth-order valence-corrected chi connectivity index (χ4v) is 2.76. The smallest absolute Gasteiger partial charge is 0.118 e. The molecule has 0 fully saturated rings. The molecule has 0 heterocycles. The molecule has 1 nitrogen and oxygen atoms in total. The summed E-state index contributed by atoms with van der Waals surface area (Å²) in [6.45, 7) is 0. The monoisotopic (exact) mass is 268 g/mol. The van der Waals surface area contributed by atoms with Gasteiger partial charge in [0.15, 0.2) is 0 Å². The zero-order valence-electron chi connectivity index (χ0n) is 11.5. The highest BCUT2D eigenvalue weighted by Crippen LogP contribution is 2.36. The second-order valence-corrected chi connectivity index (χ2v) is 5.02. The van der Waals surface area contributed by atoms with E-state index in [0.717, 1.165) is 35.3 Å². The van der Waals surface area contributed by atoms with Crippen molar-refractivity contribution in [1.82, 2.24) is 0 Å². The van der Waals surface area contributed by atoms with Crippen molar-refractivity contribution in [1.29, 1.82) is 0 Å². The molecule has 0 amide bonds. The van der Waals surface area contributed by atoms with Crippen molar-refractivity contribution < 1.29 is 9.13 Å². The van der Waals surface area contributed by atoms with Crippen LogP contribution in [0.25, 0.3) is 5.57 Å². The van der Waals surface area contributed by atoms with E-state index in [2.05, 4.69) is 6.07 Å². The Bertz CT molecular complexity index is 641. The highest BCUT2D eigenvalue weighted by Gasteiger charge is 2.18. The van der Waals surface area contributed by atoms with Gasteiger partial charge in [-0.05, 0) is 41.7 Å². The molecule has 0 N–H and O–H groups in total. The maximum Gasteiger partial charge on any atom is 0.118 e. The Balaban J connectivity index is 2.13. The molecule has 0 saturated heterocycles. The van der Waals surface area contributed by atoms with Crippen molar-refractivity contribution >= 4 is 5.57 Å². The molecule has 2 aromatic carbocycles. The van der Waals surface area contributed by atoms with E-state index in [1.165, 1.54) is 5.56 Å². The summed E-state index contributed by atoms with van der Waals surface area (Å²) in [5.41, 5.74) is 3.90. The standard InChI is InChI=1S/C18H17FO/c1-20-15-11-9-14(10-12-15)18-16-7-3-2-5-13(16)6-4-8-17(18)19/h2-3,5,7,9-12H,4,6,8H2,1H3. The van der Waals surface area contributed by atoms with Crippen molar-refractivity contribution in [3.63, 3.8) is 0 Å². The third kappa shape index (κ3) is 2.34. The first-order valence-electron chi connectivity index (χ1n) is 6.91. The van der Waals surface area contributed by atoms with Crippen molar-refractivity contribution in [3.05, 3.63) is 71.0 Å². The minimum absolute atomic E-state index is 0.0138. The number of allylic oxidation sites excluding steroid dienone is 1. The van der Waals surface area contributed by atoms with Gasteiger partial charge in [-0.2, -0.15) is 0 Å². The molecular formula is C18H17FO. The molecule has 0 saturated carbocycles. The van der Waals surface area contributed by atoms with Crippen LogP contribution in [0.2, 0.25) is 0 Å². The lowest BCUT2D eigenvalue weighted by atomic mass is 9.93. The molecule has 0 radical (unpaired) electrons. The van der Waals surface area contributed by atoms with Crippen LogP contribution in [0.15, 0.2) is 54.4 Å². The van der Waals surface area contributed by atoms with Gasteiger partial charge in [0.05, 0.1) is 7.11 Å². The number of hydrogen-bond donors (Lipinski definition) is 0. The minimum atomic E-state index is -0.0138. The van der Waals surface area contributed by atoms with Crippen molar-refractivity contribution in [2.75, 3.05) is 7.11 Å². The molecule has 0 unspecified atom stereocenters. The lowest BCUT2D eigenvalue weighted by Crippen LogP contribution is -1.94. The van der Waals surface area contributed by atoms with Crippen LogP contribution in [-0.2, 0) is 6.42 Å². The first kappa shape index (κ1) is 12.9. The van der Waals surface area contributed by atoms with Crippen LogP contribution in [-0.4, -0.2) is 7.11 Å². The summed E-state index contributed by atoms with van der Waals surface area (Å²) in [5, 5.41) is 0. The van der Waals surface area contributed by atoms with E-state index in [4.69, 9.17) is 4.74 Å². The van der Waals surface area contributed by atoms with E-state index in [0.29, 0.717) is 6.42 Å². The van der Waals surface area contributed by atoms with E-state index < -0.39 is 0 Å². The zero-order valence-corrected chi connectivity index (χ0v) is 11.5. The number of methoxy groups -OCH3 is 1. The molecule has 1 aliphatic carbocycles. The quantitative estimate of drug-likeness (QED) is 0.763. The lowest BCUT2D eigenvalue weighted by Gasteiger charge is -2.12. The summed E-state index contributed by atoms with van der Waals surface area (Å²) < 4.78 is 19.7. The van der Waals surface area contributed by atoms with Crippen LogP contribution in [0.4, 0.5) is 4.39 Å². The SMILES string of the molecule is COc1ccc(C2=C(F)CCCc3ccccc32)cc1. The highest BCUT2D eigenvalue weighted by molar-refractivity contribution is 5.83. The van der Waals surface area contributed by atoms with Gasteiger partial charge < -0.3 is 4.74 Å². The summed E-state index contributed by atoms with van der Waals surface area (Å²) in [5.74, 6) is 0.775. The molecule has 2 heteroatoms. The second kappa shape index (κ2) is 5.49. The number of rotatable bonds is 2. The van der Waals surface area contributed by atoms with Gasteiger partial charge in [-0.3, -0.25) is 0 Å². The van der Waals surface area contributed by atoms with E-state index in [1.807, 2.05) is 42.5 Å². The van der Waals surface area contributed by atoms with Gasteiger partial charge in [-0.15, -0.1) is 0 Å². The third-order valence-corrected chi connectivity index (χ3v) is 3.78. The fraction of sp³-hybridized carbons (Fsp3) is 0.222. The van der Waals surface area contributed by atoms with Crippen molar-refractivity contribution in [3.8, 4) is 5.75 Å². The Kier molecular flexibility index (Phi) is 3.55. The number of aryl methyl sites for hydroxylation is 1. The van der Waals surface area contributed by atoms with Gasteiger partial charge in [-0.25, -0.2) is 4.39 Å². The van der Waals surface area contributed by atoms with Crippen molar-refractivity contribution in [2.24, 2.45) is 0 Å². The molecule has 3 rings (SSSR count). The molecule has 102 valence electrons. The van der Waals surface area contributed by atoms with Crippen LogP contribution in [0.3, 0.4) is 0 Å². The molecule has 1 aliphatic rings. The van der Waals surface area contributed by atoms with Gasteiger partial charge >= 0.3 is 0 Å². The fourth-order valence-electron chi connectivity index (χ4n) is 2.76. The molecular weight excluding hydrogens is 251 g/mol. The second-order valence-electron chi connectivity index (χ2n) is 5.02. The summed E-state index contributed by atoms with van der Waals surface area (Å²) >= 11 is 0. The Labute approximate surface area is 118 Å². The predicted molar refractivity (Wildman–Crippen MR) is 79.5 cm³/mol. The first-order valence-corrected chi connectivity index (χ1v) is 6.91. The van der Waals surface area contributed by atoms with Gasteiger partial charge in [0, 0.05) is 12.0 Å². The number of ether oxygens (including phenoxy) is 1. The van der Waals surface area contributed by atoms with Crippen LogP contribution >= 0.6 is 0 Å². The maximum atomic E-state index is 14.5. The van der Waals surface area contributed by atoms with Crippen molar-refractivity contribution in [2.45, 2.75) is 19.3 Å². The zero-order chi connectivity index (χ0) is 13.9. The summed E-state index contributed by atoms with van der Waals surface area (Å²) in [6.07, 6.45) is 2.31. The number of fused-ring (bicyclic) bond motifs is 1. The Hall–Kier alpha value is -2.09. The topological polar surface area (TPSA) is 9.23 Å². The normalized spacial score (nSPS) is 14.7. The first-order chi connectivity index (χ1) is 9.79. The maximum absolute atomic E-state index is 14.5. The molecule has 0 aliphatic heterocycles. The van der Waals surface area contributed by atoms with Crippen LogP contribution in [0, 0.1) is 0 Å². The minimum Gasteiger partial charge on any atom is -0.497 e. The Morgan fingerprint density at radius 2 is 1.70 bits per heavy atom. The average Bonchev–Trinajstić information content (AvgIpc) is 2.66. The molecule has 2 aromatic rings. The van der Waals surface area contributed by atoms with Gasteiger partial charge in [0.1, 0.15) is 11.6 Å². The van der Waals surface area contributed by atoms with E-state index in [-0.39, 0.29) is 5.83 Å². The largest absolute Gasteiger partial charge is 0.497 e. The average molecular weight is 268 g/mol. The van der Waals surface area contributed by atoms with E-state index in [1.54, 1.807) is 7.11 Å². The highest BCUT2D eigenvalue weighted by atomic mass is 19.1. The van der Waals surface area contributed by atoms with Gasteiger partial charge in [0.25, 0.3) is 0 Å². The summed E-state index contributed by atoms with van der Waals surface area (Å²) in [7, 11) is 1.63. The van der Waals surface area contributed by atoms with Gasteiger partial charge in [0.2, 0.25) is 0 Å². The number of halogens is 1. The van der Waals surface area contributed by atoms with E-state index in [9.17, 15) is 4.39 Å². The molecule has 0 spiro atoms.